The summed E-state index contributed by atoms with van der Waals surface area (Å²) in [5.74, 6) is 0. The molecule has 0 amide bonds. The summed E-state index contributed by atoms with van der Waals surface area (Å²) < 4.78 is 0. The van der Waals surface area contributed by atoms with Crippen molar-refractivity contribution in [2.45, 2.75) is 6.92 Å². The molecule has 7 aromatic rings. The van der Waals surface area contributed by atoms with Gasteiger partial charge in [0.15, 0.2) is 0 Å². The van der Waals surface area contributed by atoms with Gasteiger partial charge in [-0.3, -0.25) is 6.79 Å². The van der Waals surface area contributed by atoms with Gasteiger partial charge in [-0.15, -0.1) is 0 Å². The Morgan fingerprint density at radius 1 is 0.388 bits per heavy atom. The summed E-state index contributed by atoms with van der Waals surface area (Å²) in [6.07, 6.45) is 0. The Morgan fingerprint density at radius 3 is 0.735 bits per heavy atom. The third-order valence-corrected chi connectivity index (χ3v) is 12.7. The van der Waals surface area contributed by atoms with Gasteiger partial charge < -0.3 is 4.79 Å². The summed E-state index contributed by atoms with van der Waals surface area (Å²) in [4.78, 5) is 7.75. The second-order valence-electron chi connectivity index (χ2n) is 10.5. The summed E-state index contributed by atoms with van der Waals surface area (Å²) in [6.45, 7) is 5.28. The largest absolute Gasteiger partial charge is 0.102 e. The van der Waals surface area contributed by atoms with Crippen LogP contribution in [-0.2, 0) is 22.1 Å². The van der Waals surface area contributed by atoms with Crippen LogP contribution in [0.1, 0.15) is 5.56 Å². The molecule has 7 aromatic carbocycles. The topological polar surface area (TPSA) is 17.1 Å². The van der Waals surface area contributed by atoms with Crippen LogP contribution in [0.4, 0.5) is 0 Å². The Labute approximate surface area is 309 Å². The molecule has 1 nitrogen and oxygen atoms in total. The van der Waals surface area contributed by atoms with Gasteiger partial charge in [0.1, 0.15) is 31.8 Å². The first-order valence-corrected chi connectivity index (χ1v) is 20.9. The van der Waals surface area contributed by atoms with Gasteiger partial charge in [-0.2, -0.15) is 35.9 Å². The van der Waals surface area contributed by atoms with Crippen LogP contribution in [0.15, 0.2) is 206 Å². The van der Waals surface area contributed by atoms with Crippen LogP contribution in [0.3, 0.4) is 0 Å². The normalized spacial score (nSPS) is 9.63. The fraction of sp³-hybridized carbons (Fsp3) is 0.0227. The van der Waals surface area contributed by atoms with Crippen LogP contribution >= 0.6 is 25.5 Å². The van der Waals surface area contributed by atoms with E-state index in [9.17, 15) is 0 Å². The molecule has 49 heavy (non-hydrogen) atoms. The summed E-state index contributed by atoms with van der Waals surface area (Å²) in [6, 6.07) is 75.9. The molecule has 0 heterocycles. The van der Waals surface area contributed by atoms with Crippen molar-refractivity contribution in [1.29, 1.82) is 0 Å². The summed E-state index contributed by atoms with van der Waals surface area (Å²) in [5, 5.41) is 8.61. The smallest absolute Gasteiger partial charge is 0.0620 e. The van der Waals surface area contributed by atoms with E-state index in [0.717, 1.165) is 0 Å². The van der Waals surface area contributed by atoms with Crippen molar-refractivity contribution in [3.8, 4) is 0 Å². The summed E-state index contributed by atoms with van der Waals surface area (Å²) >= 11 is 1.82. The molecule has 0 aliphatic heterocycles. The number of hydrogen-bond donors (Lipinski definition) is 0. The standard InChI is InChI=1S/2C18H15P.C7H7.CHO.ClH.Ru/c2*1-4-10-16(11-5-1)19(17-12-6-2-7-13-17)18-14-8-3-9-15-18;1-7-5-3-2-4-6-7;1-2;;/h2*1-15H;2-5H,1H3;1H;1H;/q;;2*-1;;+3/p+1. The average molecular weight is 783 g/mol. The van der Waals surface area contributed by atoms with E-state index in [1.807, 2.05) is 48.5 Å². The predicted molar refractivity (Wildman–Crippen MR) is 216 cm³/mol. The van der Waals surface area contributed by atoms with Gasteiger partial charge in [-0.05, 0) is 72.8 Å². The maximum absolute atomic E-state index is 7.75. The summed E-state index contributed by atoms with van der Waals surface area (Å²) in [5.41, 5.74) is 1.20. The van der Waals surface area contributed by atoms with E-state index in [0.29, 0.717) is 0 Å². The fourth-order valence-corrected chi connectivity index (χ4v) is 10.3. The third kappa shape index (κ3) is 13.4. The first-order valence-electron chi connectivity index (χ1n) is 15.7. The molecule has 0 aromatic heterocycles. The second-order valence-corrected chi connectivity index (χ2v) is 15.5. The zero-order valence-corrected chi connectivity index (χ0v) is 31.8. The van der Waals surface area contributed by atoms with E-state index in [1.54, 1.807) is 0 Å². The molecular formula is C44H40ClOP2Ru+2. The van der Waals surface area contributed by atoms with Gasteiger partial charge >= 0.3 is 27.0 Å². The maximum Gasteiger partial charge on any atom is 0.102 e. The quantitative estimate of drug-likeness (QED) is 0.0716. The molecular weight excluding hydrogens is 743 g/mol. The fourth-order valence-electron chi connectivity index (χ4n) is 5.11. The van der Waals surface area contributed by atoms with Crippen molar-refractivity contribution >= 4 is 64.2 Å². The molecule has 5 heteroatoms. The number of aryl methyl sites for hydroxylation is 1. The molecule has 0 radical (unpaired) electrons. The second kappa shape index (κ2) is 24.2. The Hall–Kier alpha value is -4.02. The van der Waals surface area contributed by atoms with Crippen molar-refractivity contribution in [2.75, 3.05) is 0 Å². The number of rotatable bonds is 6. The van der Waals surface area contributed by atoms with Crippen molar-refractivity contribution < 1.29 is 22.1 Å². The molecule has 0 atom stereocenters. The molecule has 7 rings (SSSR count). The van der Waals surface area contributed by atoms with Gasteiger partial charge in [0.05, 0.1) is 15.8 Å². The molecule has 0 bridgehead atoms. The average Bonchev–Trinajstić information content (AvgIpc) is 3.20. The van der Waals surface area contributed by atoms with Gasteiger partial charge in [0, 0.05) is 0 Å². The van der Waals surface area contributed by atoms with E-state index in [-0.39, 0.29) is 0 Å². The Morgan fingerprint density at radius 2 is 0.592 bits per heavy atom. The van der Waals surface area contributed by atoms with Crippen LogP contribution in [0.2, 0.25) is 0 Å². The van der Waals surface area contributed by atoms with Crippen LogP contribution < -0.4 is 31.8 Å². The first kappa shape index (κ1) is 39.4. The molecule has 0 aliphatic rings. The number of hydrogen-bond acceptors (Lipinski definition) is 1. The molecule has 0 aliphatic carbocycles. The van der Waals surface area contributed by atoms with Crippen molar-refractivity contribution in [3.05, 3.63) is 218 Å². The van der Waals surface area contributed by atoms with Gasteiger partial charge in [-0.1, -0.05) is 116 Å². The molecule has 245 valence electrons. The van der Waals surface area contributed by atoms with Crippen molar-refractivity contribution in [3.63, 3.8) is 0 Å². The minimum atomic E-state index is -0.877. The zero-order chi connectivity index (χ0) is 34.9. The van der Waals surface area contributed by atoms with Crippen molar-refractivity contribution in [2.24, 2.45) is 0 Å². The number of benzene rings is 7. The maximum atomic E-state index is 7.75. The Bertz CT molecular complexity index is 1490. The number of halogens is 1. The van der Waals surface area contributed by atoms with E-state index in [4.69, 9.17) is 4.79 Å². The van der Waals surface area contributed by atoms with Crippen LogP contribution in [0.25, 0.3) is 0 Å². The molecule has 0 spiro atoms. The third-order valence-electron chi connectivity index (χ3n) is 7.24. The van der Waals surface area contributed by atoms with Gasteiger partial charge in [0.25, 0.3) is 0 Å². The van der Waals surface area contributed by atoms with Crippen LogP contribution in [-0.4, -0.2) is 6.79 Å². The SMILES string of the molecule is Cc1[c-]cccc1.[CH-]=O.[Cl][Ru+2].c1ccc([PH+](c2ccccc2)c2ccccc2)cc1.c1ccc([PH+](c2ccccc2)c2ccccc2)cc1. The van der Waals surface area contributed by atoms with E-state index in [2.05, 4.69) is 205 Å². The molecule has 0 unspecified atom stereocenters. The van der Waals surface area contributed by atoms with Crippen LogP contribution in [0, 0.1) is 13.0 Å². The number of carbonyl (C=O) groups excluding carboxylic acids is 1. The first-order chi connectivity index (χ1) is 24.3. The monoisotopic (exact) mass is 783 g/mol. The van der Waals surface area contributed by atoms with E-state index < -0.39 is 15.8 Å². The summed E-state index contributed by atoms with van der Waals surface area (Å²) in [7, 11) is 2.81. The van der Waals surface area contributed by atoms with E-state index in [1.165, 1.54) is 37.4 Å². The van der Waals surface area contributed by atoms with Gasteiger partial charge in [0.2, 0.25) is 0 Å². The van der Waals surface area contributed by atoms with Gasteiger partial charge in [-0.25, -0.2) is 0 Å². The molecule has 0 saturated carbocycles. The molecule has 0 saturated heterocycles. The molecule has 0 N–H and O–H groups in total. The predicted octanol–water partition coefficient (Wildman–Crippen LogP) is 8.56. The zero-order valence-electron chi connectivity index (χ0n) is 27.3. The van der Waals surface area contributed by atoms with Crippen molar-refractivity contribution in [1.82, 2.24) is 0 Å². The van der Waals surface area contributed by atoms with E-state index >= 15 is 0 Å². The Balaban J connectivity index is 0.000000205. The Kier molecular flexibility index (Phi) is 19.4. The van der Waals surface area contributed by atoms with Crippen LogP contribution in [0.5, 0.6) is 0 Å². The molecule has 0 fully saturated rings. The minimum absolute atomic E-state index is 0.877. The minimum Gasteiger partial charge on any atom is -0.0620 e.